The highest BCUT2D eigenvalue weighted by Gasteiger charge is 2.17. The molecule has 0 saturated heterocycles. The van der Waals surface area contributed by atoms with Crippen molar-refractivity contribution in [2.75, 3.05) is 5.32 Å². The van der Waals surface area contributed by atoms with Crippen LogP contribution in [0, 0.1) is 11.6 Å². The molecule has 2 aromatic rings. The van der Waals surface area contributed by atoms with Crippen LogP contribution in [-0.2, 0) is 16.1 Å². The van der Waals surface area contributed by atoms with Crippen molar-refractivity contribution >= 4 is 17.5 Å². The highest BCUT2D eigenvalue weighted by Crippen LogP contribution is 2.17. The first-order valence-electron chi connectivity index (χ1n) is 6.01. The molecule has 0 aliphatic carbocycles. The van der Waals surface area contributed by atoms with Crippen LogP contribution in [0.4, 0.5) is 14.5 Å². The number of halogens is 2. The molecule has 7 heteroatoms. The molecule has 1 heterocycles. The van der Waals surface area contributed by atoms with Crippen LogP contribution in [0.2, 0.25) is 0 Å². The summed E-state index contributed by atoms with van der Waals surface area (Å²) in [5.74, 6) is -4.08. The number of aromatic nitrogens is 1. The standard InChI is InChI=1S/C14H11F2N3O2/c15-10-5-3-6-11(16)12(10)19-14(21)13(20)18-8-9-4-1-2-7-17-9/h1-7H,8H2,(H,18,20)(H,19,21). The van der Waals surface area contributed by atoms with E-state index in [0.29, 0.717) is 5.69 Å². The Morgan fingerprint density at radius 1 is 1.00 bits per heavy atom. The molecule has 5 nitrogen and oxygen atoms in total. The summed E-state index contributed by atoms with van der Waals surface area (Å²) in [5.41, 5.74) is -0.105. The van der Waals surface area contributed by atoms with Gasteiger partial charge < -0.3 is 10.6 Å². The number of nitrogens with zero attached hydrogens (tertiary/aromatic N) is 1. The molecule has 0 unspecified atom stereocenters. The summed E-state index contributed by atoms with van der Waals surface area (Å²) in [6.07, 6.45) is 1.54. The van der Waals surface area contributed by atoms with Crippen LogP contribution in [-0.4, -0.2) is 16.8 Å². The molecule has 2 N–H and O–H groups in total. The first-order chi connectivity index (χ1) is 10.1. The molecule has 2 amide bonds. The smallest absolute Gasteiger partial charge is 0.313 e. The maximum Gasteiger partial charge on any atom is 0.313 e. The van der Waals surface area contributed by atoms with Crippen molar-refractivity contribution in [2.45, 2.75) is 6.54 Å². The van der Waals surface area contributed by atoms with Crippen LogP contribution in [0.1, 0.15) is 5.69 Å². The Labute approximate surface area is 119 Å². The monoisotopic (exact) mass is 291 g/mol. The van der Waals surface area contributed by atoms with E-state index in [1.165, 1.54) is 6.20 Å². The second-order valence-electron chi connectivity index (χ2n) is 4.05. The second-order valence-corrected chi connectivity index (χ2v) is 4.05. The van der Waals surface area contributed by atoms with Crippen molar-refractivity contribution in [2.24, 2.45) is 0 Å². The first kappa shape index (κ1) is 14.6. The molecule has 0 fully saturated rings. The average molecular weight is 291 g/mol. The molecule has 0 aliphatic rings. The van der Waals surface area contributed by atoms with Crippen LogP contribution in [0.3, 0.4) is 0 Å². The molecule has 0 atom stereocenters. The summed E-state index contributed by atoms with van der Waals surface area (Å²) in [7, 11) is 0. The van der Waals surface area contributed by atoms with Crippen molar-refractivity contribution in [3.63, 3.8) is 0 Å². The Kier molecular flexibility index (Phi) is 4.55. The van der Waals surface area contributed by atoms with Gasteiger partial charge in [0.05, 0.1) is 12.2 Å². The lowest BCUT2D eigenvalue weighted by atomic mass is 10.3. The van der Waals surface area contributed by atoms with Gasteiger partial charge in [0.2, 0.25) is 0 Å². The molecule has 21 heavy (non-hydrogen) atoms. The maximum absolute atomic E-state index is 13.3. The number of benzene rings is 1. The third-order valence-electron chi connectivity index (χ3n) is 2.56. The Balaban J connectivity index is 1.96. The molecule has 0 aliphatic heterocycles. The molecule has 2 rings (SSSR count). The normalized spacial score (nSPS) is 10.0. The van der Waals surface area contributed by atoms with Gasteiger partial charge in [-0.25, -0.2) is 8.78 Å². The summed E-state index contributed by atoms with van der Waals surface area (Å²) in [6, 6.07) is 8.20. The van der Waals surface area contributed by atoms with Crippen LogP contribution in [0.25, 0.3) is 0 Å². The fourth-order valence-corrected chi connectivity index (χ4v) is 1.54. The molecular formula is C14H11F2N3O2. The molecule has 0 radical (unpaired) electrons. The quantitative estimate of drug-likeness (QED) is 0.844. The van der Waals surface area contributed by atoms with Crippen LogP contribution in [0.15, 0.2) is 42.6 Å². The lowest BCUT2D eigenvalue weighted by Crippen LogP contribution is -2.35. The number of hydrogen-bond acceptors (Lipinski definition) is 3. The maximum atomic E-state index is 13.3. The van der Waals surface area contributed by atoms with Gasteiger partial charge in [0, 0.05) is 6.20 Å². The number of para-hydroxylation sites is 1. The van der Waals surface area contributed by atoms with E-state index in [1.54, 1.807) is 18.2 Å². The van der Waals surface area contributed by atoms with Crippen molar-refractivity contribution in [3.8, 4) is 0 Å². The largest absolute Gasteiger partial charge is 0.342 e. The van der Waals surface area contributed by atoms with Gasteiger partial charge >= 0.3 is 11.8 Å². The lowest BCUT2D eigenvalue weighted by Gasteiger charge is -2.07. The highest BCUT2D eigenvalue weighted by atomic mass is 19.1. The van der Waals surface area contributed by atoms with Gasteiger partial charge in [-0.1, -0.05) is 12.1 Å². The zero-order valence-corrected chi connectivity index (χ0v) is 10.8. The Morgan fingerprint density at radius 3 is 2.33 bits per heavy atom. The molecule has 0 spiro atoms. The number of pyridine rings is 1. The molecule has 0 saturated carbocycles. The van der Waals surface area contributed by atoms with Crippen LogP contribution in [0.5, 0.6) is 0 Å². The van der Waals surface area contributed by atoms with E-state index >= 15 is 0 Å². The van der Waals surface area contributed by atoms with Gasteiger partial charge in [-0.05, 0) is 24.3 Å². The third-order valence-corrected chi connectivity index (χ3v) is 2.56. The number of hydrogen-bond donors (Lipinski definition) is 2. The summed E-state index contributed by atoms with van der Waals surface area (Å²) in [5, 5.41) is 4.19. The van der Waals surface area contributed by atoms with Crippen molar-refractivity contribution < 1.29 is 18.4 Å². The van der Waals surface area contributed by atoms with E-state index < -0.39 is 29.1 Å². The molecule has 108 valence electrons. The minimum absolute atomic E-state index is 0.0346. The van der Waals surface area contributed by atoms with Gasteiger partial charge in [-0.3, -0.25) is 14.6 Å². The summed E-state index contributed by atoms with van der Waals surface area (Å²) in [6.45, 7) is 0.0346. The van der Waals surface area contributed by atoms with E-state index in [4.69, 9.17) is 0 Å². The zero-order valence-electron chi connectivity index (χ0n) is 10.8. The number of carbonyl (C=O) groups excluding carboxylic acids is 2. The van der Waals surface area contributed by atoms with Gasteiger partial charge in [0.25, 0.3) is 0 Å². The van der Waals surface area contributed by atoms with E-state index in [0.717, 1.165) is 18.2 Å². The summed E-state index contributed by atoms with van der Waals surface area (Å²) in [4.78, 5) is 27.1. The summed E-state index contributed by atoms with van der Waals surface area (Å²) >= 11 is 0. The Hall–Kier alpha value is -2.83. The predicted octanol–water partition coefficient (Wildman–Crippen LogP) is 1.61. The highest BCUT2D eigenvalue weighted by molar-refractivity contribution is 6.39. The number of amides is 2. The van der Waals surface area contributed by atoms with Gasteiger partial charge in [-0.2, -0.15) is 0 Å². The minimum Gasteiger partial charge on any atom is -0.342 e. The van der Waals surface area contributed by atoms with Crippen molar-refractivity contribution in [3.05, 3.63) is 59.9 Å². The van der Waals surface area contributed by atoms with Gasteiger partial charge in [0.15, 0.2) is 0 Å². The van der Waals surface area contributed by atoms with E-state index in [9.17, 15) is 18.4 Å². The van der Waals surface area contributed by atoms with E-state index in [2.05, 4.69) is 10.3 Å². The van der Waals surface area contributed by atoms with Gasteiger partial charge in [0.1, 0.15) is 17.3 Å². The topological polar surface area (TPSA) is 71.1 Å². The zero-order chi connectivity index (χ0) is 15.2. The fourth-order valence-electron chi connectivity index (χ4n) is 1.54. The number of carbonyl (C=O) groups is 2. The molecule has 0 bridgehead atoms. The van der Waals surface area contributed by atoms with Gasteiger partial charge in [-0.15, -0.1) is 0 Å². The van der Waals surface area contributed by atoms with Crippen molar-refractivity contribution in [1.29, 1.82) is 0 Å². The van der Waals surface area contributed by atoms with E-state index in [1.807, 2.05) is 5.32 Å². The fraction of sp³-hybridized carbons (Fsp3) is 0.0714. The Bertz CT molecular complexity index is 642. The number of rotatable bonds is 3. The molecule has 1 aromatic heterocycles. The Morgan fingerprint density at radius 2 is 1.71 bits per heavy atom. The van der Waals surface area contributed by atoms with Crippen LogP contribution < -0.4 is 10.6 Å². The van der Waals surface area contributed by atoms with Crippen molar-refractivity contribution in [1.82, 2.24) is 10.3 Å². The number of anilines is 1. The SMILES string of the molecule is O=C(NCc1ccccn1)C(=O)Nc1c(F)cccc1F. The van der Waals surface area contributed by atoms with E-state index in [-0.39, 0.29) is 6.54 Å². The predicted molar refractivity (Wildman–Crippen MR) is 71.1 cm³/mol. The first-order valence-corrected chi connectivity index (χ1v) is 6.01. The average Bonchev–Trinajstić information content (AvgIpc) is 2.49. The molecular weight excluding hydrogens is 280 g/mol. The second kappa shape index (κ2) is 6.56. The molecule has 1 aromatic carbocycles. The lowest BCUT2D eigenvalue weighted by molar-refractivity contribution is -0.136. The van der Waals surface area contributed by atoms with Crippen LogP contribution >= 0.6 is 0 Å². The summed E-state index contributed by atoms with van der Waals surface area (Å²) < 4.78 is 26.7. The minimum atomic E-state index is -1.16. The third kappa shape index (κ3) is 3.82. The number of nitrogens with one attached hydrogen (secondary N) is 2.